The fourth-order valence-corrected chi connectivity index (χ4v) is 2.04. The van der Waals surface area contributed by atoms with Gasteiger partial charge in [-0.2, -0.15) is 13.2 Å². The molecule has 0 fully saturated rings. The fraction of sp³-hybridized carbons (Fsp3) is 0.312. The molecule has 0 atom stereocenters. The SMILES string of the molecule is O=C(NCCOCC(F)(F)F)c1ccc(COc2ccc(Br)cc2)o1. The summed E-state index contributed by atoms with van der Waals surface area (Å²) in [5.41, 5.74) is 0. The Labute approximate surface area is 150 Å². The van der Waals surface area contributed by atoms with Gasteiger partial charge in [0.2, 0.25) is 0 Å². The van der Waals surface area contributed by atoms with Gasteiger partial charge in [-0.15, -0.1) is 0 Å². The molecule has 5 nitrogen and oxygen atoms in total. The highest BCUT2D eigenvalue weighted by molar-refractivity contribution is 9.10. The highest BCUT2D eigenvalue weighted by Crippen LogP contribution is 2.18. The summed E-state index contributed by atoms with van der Waals surface area (Å²) in [7, 11) is 0. The highest BCUT2D eigenvalue weighted by Gasteiger charge is 2.27. The number of carbonyl (C=O) groups excluding carboxylic acids is 1. The Bertz CT molecular complexity index is 685. The number of amides is 1. The predicted molar refractivity (Wildman–Crippen MR) is 86.4 cm³/mol. The van der Waals surface area contributed by atoms with Gasteiger partial charge in [0.05, 0.1) is 6.61 Å². The van der Waals surface area contributed by atoms with Gasteiger partial charge in [0.25, 0.3) is 5.91 Å². The van der Waals surface area contributed by atoms with Crippen LogP contribution in [0, 0.1) is 0 Å². The van der Waals surface area contributed by atoms with Gasteiger partial charge >= 0.3 is 6.18 Å². The summed E-state index contributed by atoms with van der Waals surface area (Å²) in [5.74, 6) is 0.601. The minimum Gasteiger partial charge on any atom is -0.486 e. The monoisotopic (exact) mass is 421 g/mol. The van der Waals surface area contributed by atoms with Crippen molar-refractivity contribution in [3.05, 3.63) is 52.4 Å². The molecule has 1 N–H and O–H groups in total. The van der Waals surface area contributed by atoms with Gasteiger partial charge in [-0.1, -0.05) is 15.9 Å². The van der Waals surface area contributed by atoms with Crippen LogP contribution in [0.25, 0.3) is 0 Å². The number of halogens is 4. The van der Waals surface area contributed by atoms with E-state index in [2.05, 4.69) is 26.0 Å². The summed E-state index contributed by atoms with van der Waals surface area (Å²) >= 11 is 3.32. The van der Waals surface area contributed by atoms with Crippen molar-refractivity contribution in [2.24, 2.45) is 0 Å². The highest BCUT2D eigenvalue weighted by atomic mass is 79.9. The summed E-state index contributed by atoms with van der Waals surface area (Å²) < 4.78 is 51.8. The van der Waals surface area contributed by atoms with Crippen LogP contribution in [-0.2, 0) is 11.3 Å². The number of nitrogens with one attached hydrogen (secondary N) is 1. The first kappa shape index (κ1) is 19.3. The van der Waals surface area contributed by atoms with Crippen molar-refractivity contribution in [3.8, 4) is 5.75 Å². The number of alkyl halides is 3. The van der Waals surface area contributed by atoms with Gasteiger partial charge in [-0.25, -0.2) is 0 Å². The topological polar surface area (TPSA) is 60.7 Å². The second-order valence-corrected chi connectivity index (χ2v) is 5.85. The van der Waals surface area contributed by atoms with Crippen molar-refractivity contribution in [1.82, 2.24) is 5.32 Å². The number of hydrogen-bond donors (Lipinski definition) is 1. The normalized spacial score (nSPS) is 11.4. The zero-order chi connectivity index (χ0) is 18.3. The van der Waals surface area contributed by atoms with Crippen LogP contribution in [0.3, 0.4) is 0 Å². The lowest BCUT2D eigenvalue weighted by atomic mass is 10.3. The van der Waals surface area contributed by atoms with Gasteiger partial charge in [-0.3, -0.25) is 4.79 Å². The molecule has 0 spiro atoms. The summed E-state index contributed by atoms with van der Waals surface area (Å²) in [5, 5.41) is 2.41. The van der Waals surface area contributed by atoms with E-state index >= 15 is 0 Å². The Morgan fingerprint density at radius 1 is 1.16 bits per heavy atom. The first-order chi connectivity index (χ1) is 11.8. The molecule has 0 aliphatic heterocycles. The maximum atomic E-state index is 11.9. The van der Waals surface area contributed by atoms with Crippen molar-refractivity contribution in [2.75, 3.05) is 19.8 Å². The number of furan rings is 1. The second-order valence-electron chi connectivity index (χ2n) is 4.93. The van der Waals surface area contributed by atoms with E-state index in [4.69, 9.17) is 9.15 Å². The zero-order valence-corrected chi connectivity index (χ0v) is 14.5. The third kappa shape index (κ3) is 7.18. The van der Waals surface area contributed by atoms with Gasteiger partial charge in [0.15, 0.2) is 5.76 Å². The predicted octanol–water partition coefficient (Wildman–Crippen LogP) is 3.93. The summed E-state index contributed by atoms with van der Waals surface area (Å²) in [4.78, 5) is 11.8. The Morgan fingerprint density at radius 3 is 2.56 bits per heavy atom. The molecular weight excluding hydrogens is 407 g/mol. The Balaban J connectivity index is 1.72. The van der Waals surface area contributed by atoms with Crippen LogP contribution in [0.15, 0.2) is 45.3 Å². The number of ether oxygens (including phenoxy) is 2. The van der Waals surface area contributed by atoms with E-state index in [0.717, 1.165) is 4.47 Å². The fourth-order valence-electron chi connectivity index (χ4n) is 1.77. The number of benzene rings is 1. The largest absolute Gasteiger partial charge is 0.486 e. The molecule has 0 radical (unpaired) electrons. The van der Waals surface area contributed by atoms with Crippen LogP contribution in [0.4, 0.5) is 13.2 Å². The molecule has 0 unspecified atom stereocenters. The lowest BCUT2D eigenvalue weighted by Gasteiger charge is -2.07. The molecule has 0 saturated heterocycles. The van der Waals surface area contributed by atoms with E-state index in [0.29, 0.717) is 11.5 Å². The van der Waals surface area contributed by atoms with Gasteiger partial charge in [-0.05, 0) is 36.4 Å². The van der Waals surface area contributed by atoms with E-state index in [1.54, 1.807) is 18.2 Å². The van der Waals surface area contributed by atoms with Crippen LogP contribution >= 0.6 is 15.9 Å². The Hall–Kier alpha value is -2.00. The van der Waals surface area contributed by atoms with E-state index in [-0.39, 0.29) is 25.5 Å². The third-order valence-corrected chi connectivity index (χ3v) is 3.41. The van der Waals surface area contributed by atoms with Crippen LogP contribution in [0.2, 0.25) is 0 Å². The standard InChI is InChI=1S/C16H15BrF3NO4/c17-11-1-3-12(4-2-11)24-9-13-5-6-14(25-13)15(22)21-7-8-23-10-16(18,19)20/h1-6H,7-10H2,(H,21,22). The smallest absolute Gasteiger partial charge is 0.411 e. The summed E-state index contributed by atoms with van der Waals surface area (Å²) in [6, 6.07) is 10.3. The average molecular weight is 422 g/mol. The number of carbonyl (C=O) groups is 1. The molecule has 2 aromatic rings. The maximum absolute atomic E-state index is 11.9. The van der Waals surface area contributed by atoms with Gasteiger partial charge in [0, 0.05) is 11.0 Å². The molecule has 9 heteroatoms. The molecule has 136 valence electrons. The molecule has 25 heavy (non-hydrogen) atoms. The summed E-state index contributed by atoms with van der Waals surface area (Å²) in [6.45, 7) is -1.50. The third-order valence-electron chi connectivity index (χ3n) is 2.88. The molecule has 0 bridgehead atoms. The van der Waals surface area contributed by atoms with Crippen molar-refractivity contribution < 1.29 is 31.9 Å². The van der Waals surface area contributed by atoms with Crippen molar-refractivity contribution in [2.45, 2.75) is 12.8 Å². The first-order valence-electron chi connectivity index (χ1n) is 7.23. The summed E-state index contributed by atoms with van der Waals surface area (Å²) in [6.07, 6.45) is -4.38. The van der Waals surface area contributed by atoms with Crippen LogP contribution < -0.4 is 10.1 Å². The lowest BCUT2D eigenvalue weighted by molar-refractivity contribution is -0.173. The molecule has 1 aromatic heterocycles. The van der Waals surface area contributed by atoms with Crippen LogP contribution in [0.1, 0.15) is 16.3 Å². The molecule has 2 rings (SSSR count). The molecule has 0 aliphatic carbocycles. The zero-order valence-electron chi connectivity index (χ0n) is 12.9. The molecule has 0 aliphatic rings. The molecule has 1 amide bonds. The molecule has 1 aromatic carbocycles. The Kier molecular flexibility index (Phi) is 6.89. The molecular formula is C16H15BrF3NO4. The number of hydrogen-bond acceptors (Lipinski definition) is 4. The van der Waals surface area contributed by atoms with Crippen LogP contribution in [-0.4, -0.2) is 31.8 Å². The van der Waals surface area contributed by atoms with E-state index in [1.807, 2.05) is 12.1 Å². The molecule has 0 saturated carbocycles. The van der Waals surface area contributed by atoms with Crippen molar-refractivity contribution in [1.29, 1.82) is 0 Å². The van der Waals surface area contributed by atoms with Crippen molar-refractivity contribution >= 4 is 21.8 Å². The minimum atomic E-state index is -4.38. The minimum absolute atomic E-state index is 0.0465. The average Bonchev–Trinajstić information content (AvgIpc) is 3.02. The molecule has 1 heterocycles. The van der Waals surface area contributed by atoms with E-state index < -0.39 is 18.7 Å². The number of rotatable bonds is 8. The van der Waals surface area contributed by atoms with E-state index in [9.17, 15) is 18.0 Å². The van der Waals surface area contributed by atoms with Crippen LogP contribution in [0.5, 0.6) is 5.75 Å². The van der Waals surface area contributed by atoms with Gasteiger partial charge < -0.3 is 19.2 Å². The lowest BCUT2D eigenvalue weighted by Crippen LogP contribution is -2.28. The quantitative estimate of drug-likeness (QED) is 0.656. The maximum Gasteiger partial charge on any atom is 0.411 e. The van der Waals surface area contributed by atoms with Gasteiger partial charge in [0.1, 0.15) is 24.7 Å². The second kappa shape index (κ2) is 8.91. The van der Waals surface area contributed by atoms with Crippen molar-refractivity contribution in [3.63, 3.8) is 0 Å². The first-order valence-corrected chi connectivity index (χ1v) is 8.02. The Morgan fingerprint density at radius 2 is 1.88 bits per heavy atom. The van der Waals surface area contributed by atoms with E-state index in [1.165, 1.54) is 6.07 Å².